The summed E-state index contributed by atoms with van der Waals surface area (Å²) in [7, 11) is 1.67. The third-order valence-electron chi connectivity index (χ3n) is 11.0. The second-order valence-electron chi connectivity index (χ2n) is 18.2. The Bertz CT molecular complexity index is 998. The molecule has 0 aromatic heterocycles. The highest BCUT2D eigenvalue weighted by molar-refractivity contribution is 7.47. The van der Waals surface area contributed by atoms with Gasteiger partial charge in [0.15, 0.2) is 0 Å². The largest absolute Gasteiger partial charge is 0.472 e. The van der Waals surface area contributed by atoms with Crippen molar-refractivity contribution in [2.24, 2.45) is 0 Å². The third-order valence-corrected chi connectivity index (χ3v) is 12.0. The summed E-state index contributed by atoms with van der Waals surface area (Å²) in [5.41, 5.74) is 0. The second kappa shape index (κ2) is 43.6. The number of phosphoric acid groups is 1. The summed E-state index contributed by atoms with van der Waals surface area (Å²) in [5, 5.41) is 0. The van der Waals surface area contributed by atoms with E-state index in [4.69, 9.17) is 18.5 Å². The number of ether oxygens (including phenoxy) is 2. The minimum absolute atomic E-state index is 0.0892. The quantitative estimate of drug-likeness (QED) is 0.0214. The van der Waals surface area contributed by atoms with E-state index in [0.29, 0.717) is 24.1 Å². The molecule has 0 heterocycles. The van der Waals surface area contributed by atoms with Crippen LogP contribution in [0.4, 0.5) is 0 Å². The number of rotatable bonds is 47. The van der Waals surface area contributed by atoms with Gasteiger partial charge in [0.05, 0.1) is 34.4 Å². The molecule has 8 nitrogen and oxygen atoms in total. The molecule has 1 N–H and O–H groups in total. The van der Waals surface area contributed by atoms with Gasteiger partial charge in [-0.2, -0.15) is 0 Å². The number of quaternary nitrogens is 1. The summed E-state index contributed by atoms with van der Waals surface area (Å²) in [6.45, 7) is 5.64. The Hall–Kier alpha value is -1.02. The van der Waals surface area contributed by atoms with E-state index in [9.17, 15) is 14.3 Å². The van der Waals surface area contributed by atoms with Crippen LogP contribution in [-0.4, -0.2) is 75.6 Å². The molecule has 59 heavy (non-hydrogen) atoms. The van der Waals surface area contributed by atoms with E-state index in [-0.39, 0.29) is 25.8 Å². The summed E-state index contributed by atoms with van der Waals surface area (Å²) in [5.74, 6) is -0.314. The van der Waals surface area contributed by atoms with E-state index >= 15 is 0 Å². The average molecular weight is 857 g/mol. The SMILES string of the molecule is CCCCCCCC/C=C\CCCCCCCCCCCC(=O)OC(COCCCCCCCCCC/C=C\CCCCCCCC)COP(=O)(O)OCC[N+](C)(C)C. The smallest absolute Gasteiger partial charge is 0.457 e. The van der Waals surface area contributed by atoms with Crippen LogP contribution in [0.3, 0.4) is 0 Å². The number of allylic oxidation sites excluding steroid dienone is 4. The molecular formula is C50H99NO7P+. The van der Waals surface area contributed by atoms with Crippen LogP contribution in [0.5, 0.6) is 0 Å². The van der Waals surface area contributed by atoms with Crippen LogP contribution in [0.25, 0.3) is 0 Å². The van der Waals surface area contributed by atoms with E-state index in [1.807, 2.05) is 21.1 Å². The minimum atomic E-state index is -4.28. The van der Waals surface area contributed by atoms with Gasteiger partial charge in [-0.15, -0.1) is 0 Å². The topological polar surface area (TPSA) is 91.3 Å². The number of carbonyl (C=O) groups excluding carboxylic acids is 1. The van der Waals surface area contributed by atoms with Crippen molar-refractivity contribution < 1.29 is 37.3 Å². The Balaban J connectivity index is 4.15. The lowest BCUT2D eigenvalue weighted by molar-refractivity contribution is -0.870. The molecule has 0 saturated heterocycles. The Morgan fingerprint density at radius 2 is 0.881 bits per heavy atom. The molecule has 0 spiro atoms. The van der Waals surface area contributed by atoms with Crippen molar-refractivity contribution in [2.45, 2.75) is 238 Å². The van der Waals surface area contributed by atoms with Crippen LogP contribution in [0.15, 0.2) is 24.3 Å². The summed E-state index contributed by atoms with van der Waals surface area (Å²) in [4.78, 5) is 23.0. The monoisotopic (exact) mass is 857 g/mol. The van der Waals surface area contributed by atoms with Crippen molar-refractivity contribution in [3.8, 4) is 0 Å². The molecular weight excluding hydrogens is 758 g/mol. The van der Waals surface area contributed by atoms with Crippen molar-refractivity contribution in [3.63, 3.8) is 0 Å². The standard InChI is InChI=1S/C50H98NO7P/c1-6-8-10-12-14-16-18-20-22-24-26-27-29-31-33-35-37-39-41-43-50(52)58-49(48-57-59(53,54)56-46-44-51(3,4)5)47-55-45-42-40-38-36-34-32-30-28-25-23-21-19-17-15-13-11-9-7-2/h20-23,49H,6-19,24-48H2,1-5H3/p+1/b22-20-,23-21-. The van der Waals surface area contributed by atoms with Crippen LogP contribution in [0, 0.1) is 0 Å². The maximum Gasteiger partial charge on any atom is 0.472 e. The Morgan fingerprint density at radius 3 is 1.29 bits per heavy atom. The van der Waals surface area contributed by atoms with Crippen LogP contribution < -0.4 is 0 Å². The molecule has 0 aromatic rings. The molecule has 0 rings (SSSR count). The number of unbranched alkanes of at least 4 members (excludes halogenated alkanes) is 29. The first-order valence-electron chi connectivity index (χ1n) is 25.1. The van der Waals surface area contributed by atoms with Crippen LogP contribution in [-0.2, 0) is 27.9 Å². The molecule has 9 heteroatoms. The van der Waals surface area contributed by atoms with E-state index < -0.39 is 13.9 Å². The fraction of sp³-hybridized carbons (Fsp3) is 0.900. The number of likely N-dealkylation sites (N-methyl/N-ethyl adjacent to an activating group) is 1. The summed E-state index contributed by atoms with van der Waals surface area (Å²) >= 11 is 0. The molecule has 350 valence electrons. The van der Waals surface area contributed by atoms with Gasteiger partial charge < -0.3 is 18.9 Å². The van der Waals surface area contributed by atoms with Crippen LogP contribution >= 0.6 is 7.82 Å². The number of esters is 1. The molecule has 2 unspecified atom stereocenters. The van der Waals surface area contributed by atoms with Gasteiger partial charge in [0.2, 0.25) is 0 Å². The van der Waals surface area contributed by atoms with Gasteiger partial charge in [-0.3, -0.25) is 13.8 Å². The fourth-order valence-corrected chi connectivity index (χ4v) is 7.81. The summed E-state index contributed by atoms with van der Waals surface area (Å²) < 4.78 is 35.1. The summed E-state index contributed by atoms with van der Waals surface area (Å²) in [6, 6.07) is 0. The van der Waals surface area contributed by atoms with E-state index in [1.54, 1.807) is 0 Å². The number of hydrogen-bond donors (Lipinski definition) is 1. The highest BCUT2D eigenvalue weighted by atomic mass is 31.2. The molecule has 2 atom stereocenters. The van der Waals surface area contributed by atoms with Crippen molar-refractivity contribution >= 4 is 13.8 Å². The molecule has 0 bridgehead atoms. The van der Waals surface area contributed by atoms with E-state index in [0.717, 1.165) is 32.1 Å². The number of phosphoric ester groups is 1. The predicted molar refractivity (Wildman–Crippen MR) is 252 cm³/mol. The van der Waals surface area contributed by atoms with Crippen molar-refractivity contribution in [1.82, 2.24) is 0 Å². The second-order valence-corrected chi connectivity index (χ2v) is 19.6. The van der Waals surface area contributed by atoms with Crippen molar-refractivity contribution in [3.05, 3.63) is 24.3 Å². The van der Waals surface area contributed by atoms with Gasteiger partial charge in [0, 0.05) is 13.0 Å². The maximum absolute atomic E-state index is 12.7. The van der Waals surface area contributed by atoms with Gasteiger partial charge in [-0.1, -0.05) is 186 Å². The lowest BCUT2D eigenvalue weighted by Gasteiger charge is -2.24. The summed E-state index contributed by atoms with van der Waals surface area (Å²) in [6.07, 6.45) is 50.7. The fourth-order valence-electron chi connectivity index (χ4n) is 7.07. The Kier molecular flexibility index (Phi) is 42.9. The lowest BCUT2D eigenvalue weighted by atomic mass is 10.1. The average Bonchev–Trinajstić information content (AvgIpc) is 3.19. The Morgan fingerprint density at radius 1 is 0.508 bits per heavy atom. The van der Waals surface area contributed by atoms with Crippen LogP contribution in [0.1, 0.15) is 232 Å². The molecule has 0 aliphatic carbocycles. The molecule has 0 aliphatic heterocycles. The normalized spacial score (nSPS) is 13.8. The zero-order valence-electron chi connectivity index (χ0n) is 39.8. The van der Waals surface area contributed by atoms with Gasteiger partial charge in [0.25, 0.3) is 0 Å². The molecule has 0 aliphatic rings. The number of nitrogens with zero attached hydrogens (tertiary/aromatic N) is 1. The van der Waals surface area contributed by atoms with Crippen molar-refractivity contribution in [2.75, 3.05) is 54.1 Å². The highest BCUT2D eigenvalue weighted by Gasteiger charge is 2.26. The van der Waals surface area contributed by atoms with E-state index in [1.165, 1.54) is 180 Å². The molecule has 0 amide bonds. The first-order valence-corrected chi connectivity index (χ1v) is 26.6. The van der Waals surface area contributed by atoms with Gasteiger partial charge in [0.1, 0.15) is 19.3 Å². The molecule has 0 radical (unpaired) electrons. The van der Waals surface area contributed by atoms with Gasteiger partial charge >= 0.3 is 13.8 Å². The Labute approximate surface area is 366 Å². The van der Waals surface area contributed by atoms with Crippen molar-refractivity contribution in [1.29, 1.82) is 0 Å². The highest BCUT2D eigenvalue weighted by Crippen LogP contribution is 2.43. The first kappa shape index (κ1) is 58.0. The predicted octanol–water partition coefficient (Wildman–Crippen LogP) is 15.2. The van der Waals surface area contributed by atoms with Gasteiger partial charge in [-0.05, 0) is 64.2 Å². The van der Waals surface area contributed by atoms with Gasteiger partial charge in [-0.25, -0.2) is 4.57 Å². The van der Waals surface area contributed by atoms with E-state index in [2.05, 4.69) is 38.2 Å². The third kappa shape index (κ3) is 47.9. The minimum Gasteiger partial charge on any atom is -0.457 e. The first-order chi connectivity index (χ1) is 28.6. The molecule has 0 aromatic carbocycles. The molecule has 0 fully saturated rings. The zero-order chi connectivity index (χ0) is 43.4. The van der Waals surface area contributed by atoms with Crippen LogP contribution in [0.2, 0.25) is 0 Å². The number of carbonyl (C=O) groups is 1. The molecule has 0 saturated carbocycles. The maximum atomic E-state index is 12.7. The lowest BCUT2D eigenvalue weighted by Crippen LogP contribution is -2.37. The zero-order valence-corrected chi connectivity index (χ0v) is 40.6. The number of hydrogen-bond acceptors (Lipinski definition) is 6.